The Bertz CT molecular complexity index is 211. The highest BCUT2D eigenvalue weighted by atomic mass is 32.2. The molecule has 0 aliphatic carbocycles. The van der Waals surface area contributed by atoms with Gasteiger partial charge in [-0.15, -0.1) is 0 Å². The molecule has 0 rings (SSSR count). The average Bonchev–Trinajstić information content (AvgIpc) is 2.19. The lowest BCUT2D eigenvalue weighted by Gasteiger charge is -2.13. The van der Waals surface area contributed by atoms with E-state index in [1.807, 2.05) is 13.8 Å². The number of alkyl halides is 3. The van der Waals surface area contributed by atoms with Gasteiger partial charge in [-0.2, -0.15) is 24.9 Å². The minimum absolute atomic E-state index is 0.0144. The molecule has 0 radical (unpaired) electrons. The van der Waals surface area contributed by atoms with E-state index in [1.165, 1.54) is 0 Å². The number of nitrogens with one attached hydrogen (secondary N) is 2. The first-order chi connectivity index (χ1) is 7.38. The molecule has 3 nitrogen and oxygen atoms in total. The van der Waals surface area contributed by atoms with Crippen molar-refractivity contribution < 1.29 is 18.0 Å². The molecule has 1 atom stereocenters. The van der Waals surface area contributed by atoms with Crippen LogP contribution >= 0.6 is 11.8 Å². The minimum Gasteiger partial charge on any atom is -0.347 e. The van der Waals surface area contributed by atoms with Crippen LogP contribution in [0.1, 0.15) is 13.8 Å². The molecule has 96 valence electrons. The predicted octanol–water partition coefficient (Wildman–Crippen LogP) is 1.40. The van der Waals surface area contributed by atoms with Gasteiger partial charge in [-0.1, -0.05) is 6.92 Å². The van der Waals surface area contributed by atoms with E-state index in [-0.39, 0.29) is 12.6 Å². The summed E-state index contributed by atoms with van der Waals surface area (Å²) in [5.74, 6) is 0.0328. The Morgan fingerprint density at radius 3 is 2.50 bits per heavy atom. The lowest BCUT2D eigenvalue weighted by atomic mass is 10.4. The summed E-state index contributed by atoms with van der Waals surface area (Å²) in [6.45, 7) is 4.32. The molecule has 0 bridgehead atoms. The molecular weight excluding hydrogens is 241 g/mol. The largest absolute Gasteiger partial charge is 0.471 e. The molecule has 0 fully saturated rings. The molecule has 0 aliphatic rings. The number of rotatable bonds is 7. The fourth-order valence-corrected chi connectivity index (χ4v) is 1.66. The Morgan fingerprint density at radius 2 is 2.00 bits per heavy atom. The first-order valence-electron chi connectivity index (χ1n) is 5.04. The van der Waals surface area contributed by atoms with Gasteiger partial charge in [-0.05, 0) is 12.7 Å². The SMILES string of the molecule is CCSC[C@@H](C)NCCNC(=O)C(F)(F)F. The Morgan fingerprint density at radius 1 is 1.38 bits per heavy atom. The predicted molar refractivity (Wildman–Crippen MR) is 59.5 cm³/mol. The second kappa shape index (κ2) is 7.78. The first kappa shape index (κ1) is 15.6. The van der Waals surface area contributed by atoms with Gasteiger partial charge in [0, 0.05) is 24.9 Å². The fraction of sp³-hybridized carbons (Fsp3) is 0.889. The van der Waals surface area contributed by atoms with Crippen molar-refractivity contribution in [2.45, 2.75) is 26.1 Å². The second-order valence-electron chi connectivity index (χ2n) is 3.27. The van der Waals surface area contributed by atoms with Crippen molar-refractivity contribution in [2.75, 3.05) is 24.6 Å². The molecule has 1 amide bonds. The van der Waals surface area contributed by atoms with Crippen LogP contribution in [0.2, 0.25) is 0 Å². The summed E-state index contributed by atoms with van der Waals surface area (Å²) >= 11 is 1.75. The summed E-state index contributed by atoms with van der Waals surface area (Å²) in [7, 11) is 0. The van der Waals surface area contributed by atoms with Crippen molar-refractivity contribution in [1.82, 2.24) is 10.6 Å². The molecule has 0 aromatic carbocycles. The summed E-state index contributed by atoms with van der Waals surface area (Å²) in [6.07, 6.45) is -4.79. The van der Waals surface area contributed by atoms with Gasteiger partial charge in [0.1, 0.15) is 0 Å². The molecule has 0 saturated carbocycles. The Kier molecular flexibility index (Phi) is 7.57. The maximum Gasteiger partial charge on any atom is 0.471 e. The van der Waals surface area contributed by atoms with Crippen molar-refractivity contribution in [3.63, 3.8) is 0 Å². The fourth-order valence-electron chi connectivity index (χ4n) is 0.948. The van der Waals surface area contributed by atoms with Gasteiger partial charge in [-0.3, -0.25) is 4.79 Å². The zero-order valence-corrected chi connectivity index (χ0v) is 10.2. The first-order valence-corrected chi connectivity index (χ1v) is 6.19. The third kappa shape index (κ3) is 7.81. The molecule has 0 aromatic rings. The van der Waals surface area contributed by atoms with Crippen LogP contribution in [0, 0.1) is 0 Å². The number of carbonyl (C=O) groups excluding carboxylic acids is 1. The van der Waals surface area contributed by atoms with E-state index in [0.29, 0.717) is 6.54 Å². The smallest absolute Gasteiger partial charge is 0.347 e. The normalized spacial score (nSPS) is 13.6. The van der Waals surface area contributed by atoms with Gasteiger partial charge in [0.05, 0.1) is 0 Å². The van der Waals surface area contributed by atoms with Crippen LogP contribution in [0.25, 0.3) is 0 Å². The monoisotopic (exact) mass is 258 g/mol. The molecule has 0 unspecified atom stereocenters. The lowest BCUT2D eigenvalue weighted by Crippen LogP contribution is -2.42. The van der Waals surface area contributed by atoms with Crippen molar-refractivity contribution in [1.29, 1.82) is 0 Å². The summed E-state index contributed by atoms with van der Waals surface area (Å²) in [5, 5.41) is 4.82. The zero-order chi connectivity index (χ0) is 12.6. The van der Waals surface area contributed by atoms with E-state index in [4.69, 9.17) is 0 Å². The van der Waals surface area contributed by atoms with Crippen molar-refractivity contribution >= 4 is 17.7 Å². The van der Waals surface area contributed by atoms with Crippen molar-refractivity contribution in [2.24, 2.45) is 0 Å². The van der Waals surface area contributed by atoms with Gasteiger partial charge in [0.25, 0.3) is 0 Å². The standard InChI is InChI=1S/C9H17F3N2OS/c1-3-16-6-7(2)13-4-5-14-8(15)9(10,11)12/h7,13H,3-6H2,1-2H3,(H,14,15)/t7-/m1/s1. The second-order valence-corrected chi connectivity index (χ2v) is 4.59. The van der Waals surface area contributed by atoms with Crippen LogP contribution in [0.5, 0.6) is 0 Å². The molecule has 7 heteroatoms. The van der Waals surface area contributed by atoms with Gasteiger partial charge in [-0.25, -0.2) is 0 Å². The maximum absolute atomic E-state index is 11.8. The maximum atomic E-state index is 11.8. The number of hydrogen-bond donors (Lipinski definition) is 2. The summed E-state index contributed by atoms with van der Waals surface area (Å²) < 4.78 is 35.3. The third-order valence-electron chi connectivity index (χ3n) is 1.73. The highest BCUT2D eigenvalue weighted by Crippen LogP contribution is 2.13. The van der Waals surface area contributed by atoms with Crippen LogP contribution in [0.4, 0.5) is 13.2 Å². The van der Waals surface area contributed by atoms with Crippen LogP contribution in [0.15, 0.2) is 0 Å². The van der Waals surface area contributed by atoms with E-state index in [9.17, 15) is 18.0 Å². The average molecular weight is 258 g/mol. The molecule has 0 heterocycles. The number of amides is 1. The van der Waals surface area contributed by atoms with Crippen molar-refractivity contribution in [3.05, 3.63) is 0 Å². The number of thioether (sulfide) groups is 1. The molecule has 16 heavy (non-hydrogen) atoms. The Labute approximate surface area is 97.5 Å². The van der Waals surface area contributed by atoms with E-state index in [0.717, 1.165) is 11.5 Å². The molecule has 0 saturated heterocycles. The van der Waals surface area contributed by atoms with Gasteiger partial charge < -0.3 is 10.6 Å². The Hall–Kier alpha value is -0.430. The highest BCUT2D eigenvalue weighted by Gasteiger charge is 2.38. The highest BCUT2D eigenvalue weighted by molar-refractivity contribution is 7.99. The van der Waals surface area contributed by atoms with Gasteiger partial charge in [0.2, 0.25) is 0 Å². The summed E-state index contributed by atoms with van der Waals surface area (Å²) in [5.41, 5.74) is 0. The zero-order valence-electron chi connectivity index (χ0n) is 9.36. The molecule has 2 N–H and O–H groups in total. The van der Waals surface area contributed by atoms with E-state index >= 15 is 0 Å². The molecule has 0 spiro atoms. The number of halogens is 3. The van der Waals surface area contributed by atoms with Crippen LogP contribution in [0.3, 0.4) is 0 Å². The van der Waals surface area contributed by atoms with Crippen LogP contribution < -0.4 is 10.6 Å². The third-order valence-corrected chi connectivity index (χ3v) is 2.88. The minimum atomic E-state index is -4.79. The lowest BCUT2D eigenvalue weighted by molar-refractivity contribution is -0.173. The summed E-state index contributed by atoms with van der Waals surface area (Å²) in [6, 6.07) is 0.229. The van der Waals surface area contributed by atoms with E-state index in [1.54, 1.807) is 17.1 Å². The van der Waals surface area contributed by atoms with Crippen LogP contribution in [-0.2, 0) is 4.79 Å². The molecule has 0 aromatic heterocycles. The molecular formula is C9H17F3N2OS. The van der Waals surface area contributed by atoms with Crippen molar-refractivity contribution in [3.8, 4) is 0 Å². The molecule has 0 aliphatic heterocycles. The van der Waals surface area contributed by atoms with Crippen LogP contribution in [-0.4, -0.2) is 42.7 Å². The van der Waals surface area contributed by atoms with E-state index in [2.05, 4.69) is 5.32 Å². The van der Waals surface area contributed by atoms with Gasteiger partial charge >= 0.3 is 12.1 Å². The van der Waals surface area contributed by atoms with E-state index < -0.39 is 12.1 Å². The number of hydrogen-bond acceptors (Lipinski definition) is 3. The topological polar surface area (TPSA) is 41.1 Å². The van der Waals surface area contributed by atoms with Gasteiger partial charge in [0.15, 0.2) is 0 Å². The number of carbonyl (C=O) groups is 1. The Balaban J connectivity index is 3.50. The summed E-state index contributed by atoms with van der Waals surface area (Å²) in [4.78, 5) is 10.4. The quantitative estimate of drug-likeness (QED) is 0.678.